The molecule has 10 nitrogen and oxygen atoms in total. The largest absolute Gasteiger partial charge is 0.499 e. The molecule has 2 rings (SSSR count). The van der Waals surface area contributed by atoms with Gasteiger partial charge < -0.3 is 20.7 Å². The summed E-state index contributed by atoms with van der Waals surface area (Å²) in [6, 6.07) is 1.29. The summed E-state index contributed by atoms with van der Waals surface area (Å²) < 4.78 is 20.0. The van der Waals surface area contributed by atoms with Crippen LogP contribution < -0.4 is 16.0 Å². The molecule has 0 amide bonds. The third-order valence-electron chi connectivity index (χ3n) is 2.98. The molecule has 108 valence electrons. The molecule has 0 bridgehead atoms. The number of hydrogen-bond acceptors (Lipinski definition) is 6. The number of rotatable bonds is 3. The van der Waals surface area contributed by atoms with Gasteiger partial charge >= 0.3 is 5.69 Å². The molecule has 1 aromatic heterocycles. The molecule has 5 N–H and O–H groups in total. The Labute approximate surface area is 110 Å². The monoisotopic (exact) mass is 287 g/mol. The van der Waals surface area contributed by atoms with Crippen molar-refractivity contribution in [1.29, 1.82) is 0 Å². The number of aliphatic hydroxyl groups is 2. The molecule has 0 aromatic carbocycles. The fourth-order valence-corrected chi connectivity index (χ4v) is 1.94. The number of alkyl halides is 1. The van der Waals surface area contributed by atoms with Crippen LogP contribution in [-0.2, 0) is 4.74 Å². The predicted molar refractivity (Wildman–Crippen MR) is 61.7 cm³/mol. The number of ether oxygens (including phenoxy) is 1. The standard InChI is InChI=1S/C9H11FN6O4/c10-5-6(18)9(3-17,14-15-12)20-7(5)16-2-1-4(11)13-8(16)19/h1-2,5-7,17-18H,3H2,(H2,11,13,19)/p+1/t5-,6-,7+,9+/m0/s1. The van der Waals surface area contributed by atoms with Crippen molar-refractivity contribution in [3.8, 4) is 0 Å². The fraction of sp³-hybridized carbons (Fsp3) is 0.556. The number of halogens is 1. The zero-order valence-electron chi connectivity index (χ0n) is 10.0. The number of aromatic amines is 1. The minimum Gasteiger partial charge on any atom is -0.393 e. The van der Waals surface area contributed by atoms with Gasteiger partial charge in [-0.3, -0.25) is 0 Å². The van der Waals surface area contributed by atoms with E-state index in [1.807, 2.05) is 0 Å². The van der Waals surface area contributed by atoms with Gasteiger partial charge in [0, 0.05) is 11.0 Å². The lowest BCUT2D eigenvalue weighted by Crippen LogP contribution is -2.57. The highest BCUT2D eigenvalue weighted by atomic mass is 19.1. The molecule has 0 spiro atoms. The molecule has 0 saturated carbocycles. The van der Waals surface area contributed by atoms with Crippen LogP contribution in [0.4, 0.5) is 10.2 Å². The minimum absolute atomic E-state index is 0.0590. The Morgan fingerprint density at radius 1 is 1.75 bits per heavy atom. The molecule has 1 aliphatic heterocycles. The molecule has 1 aromatic rings. The van der Waals surface area contributed by atoms with Gasteiger partial charge in [-0.1, -0.05) is 5.11 Å². The average molecular weight is 287 g/mol. The molecule has 1 fully saturated rings. The maximum Gasteiger partial charge on any atom is 0.499 e. The van der Waals surface area contributed by atoms with Crippen LogP contribution in [0.2, 0.25) is 0 Å². The van der Waals surface area contributed by atoms with Gasteiger partial charge in [0.15, 0.2) is 12.0 Å². The van der Waals surface area contributed by atoms with Crippen LogP contribution in [0.25, 0.3) is 10.4 Å². The number of aliphatic hydroxyl groups excluding tert-OH is 2. The summed E-state index contributed by atoms with van der Waals surface area (Å²) in [5.41, 5.74) is 10.8. The Morgan fingerprint density at radius 3 is 3.00 bits per heavy atom. The molecule has 1 saturated heterocycles. The molecule has 11 heteroatoms. The second-order valence-corrected chi connectivity index (χ2v) is 4.20. The fourth-order valence-electron chi connectivity index (χ4n) is 1.94. The SMILES string of the molecule is [N-]=[N+]=N[C@]1(CO)O[C@@H]([n+]2ccc(N)[nH]c2=O)[C@@H](F)[C@@H]1O. The highest BCUT2D eigenvalue weighted by Gasteiger charge is 2.58. The smallest absolute Gasteiger partial charge is 0.393 e. The van der Waals surface area contributed by atoms with Crippen LogP contribution >= 0.6 is 0 Å². The third kappa shape index (κ3) is 2.08. The van der Waals surface area contributed by atoms with E-state index < -0.39 is 36.5 Å². The first-order valence-corrected chi connectivity index (χ1v) is 5.52. The van der Waals surface area contributed by atoms with E-state index in [4.69, 9.17) is 16.0 Å². The summed E-state index contributed by atoms with van der Waals surface area (Å²) >= 11 is 0. The van der Waals surface area contributed by atoms with Crippen LogP contribution in [0.3, 0.4) is 0 Å². The van der Waals surface area contributed by atoms with Crippen molar-refractivity contribution in [3.05, 3.63) is 33.2 Å². The molecule has 1 aliphatic rings. The Morgan fingerprint density at radius 2 is 2.45 bits per heavy atom. The van der Waals surface area contributed by atoms with Gasteiger partial charge in [0.25, 0.3) is 0 Å². The van der Waals surface area contributed by atoms with Crippen LogP contribution in [0.5, 0.6) is 0 Å². The highest BCUT2D eigenvalue weighted by molar-refractivity contribution is 5.21. The van der Waals surface area contributed by atoms with Crippen molar-refractivity contribution >= 4 is 5.82 Å². The normalized spacial score (nSPS) is 32.9. The van der Waals surface area contributed by atoms with Crippen molar-refractivity contribution in [3.63, 3.8) is 0 Å². The van der Waals surface area contributed by atoms with Crippen LogP contribution in [0.15, 0.2) is 22.2 Å². The number of H-pyrrole nitrogens is 1. The van der Waals surface area contributed by atoms with E-state index in [1.165, 1.54) is 6.07 Å². The van der Waals surface area contributed by atoms with E-state index in [2.05, 4.69) is 15.0 Å². The molecule has 2 heterocycles. The second-order valence-electron chi connectivity index (χ2n) is 4.20. The lowest BCUT2D eigenvalue weighted by atomic mass is 10.1. The molecule has 20 heavy (non-hydrogen) atoms. The molecular formula is C9H12FN6O4+. The Kier molecular flexibility index (Phi) is 3.59. The van der Waals surface area contributed by atoms with Gasteiger partial charge in [-0.15, -0.1) is 0 Å². The number of anilines is 1. The van der Waals surface area contributed by atoms with Crippen molar-refractivity contribution in [1.82, 2.24) is 4.98 Å². The molecular weight excluding hydrogens is 275 g/mol. The molecule has 4 atom stereocenters. The first-order valence-electron chi connectivity index (χ1n) is 5.52. The zero-order chi connectivity index (χ0) is 14.9. The van der Waals surface area contributed by atoms with Gasteiger partial charge in [0.1, 0.15) is 12.3 Å². The Hall–Kier alpha value is -2.20. The quantitative estimate of drug-likeness (QED) is 0.229. The molecule has 0 radical (unpaired) electrons. The number of aromatic nitrogens is 2. The summed E-state index contributed by atoms with van der Waals surface area (Å²) in [6.45, 7) is -0.942. The number of azide groups is 1. The van der Waals surface area contributed by atoms with E-state index in [-0.39, 0.29) is 5.82 Å². The molecule has 0 aliphatic carbocycles. The number of nitrogens with one attached hydrogen (secondary N) is 1. The van der Waals surface area contributed by atoms with Crippen molar-refractivity contribution in [2.45, 2.75) is 24.2 Å². The Balaban J connectivity index is 2.45. The number of nitrogens with two attached hydrogens (primary N) is 1. The summed E-state index contributed by atoms with van der Waals surface area (Å²) in [4.78, 5) is 16.3. The lowest BCUT2D eigenvalue weighted by molar-refractivity contribution is -0.779. The first kappa shape index (κ1) is 14.2. The third-order valence-corrected chi connectivity index (χ3v) is 2.98. The van der Waals surface area contributed by atoms with Gasteiger partial charge in [-0.25, -0.2) is 4.39 Å². The first-order chi connectivity index (χ1) is 9.45. The number of hydrogen-bond donors (Lipinski definition) is 4. The van der Waals surface area contributed by atoms with E-state index in [0.29, 0.717) is 0 Å². The number of nitrogens with zero attached hydrogens (tertiary/aromatic N) is 4. The predicted octanol–water partition coefficient (Wildman–Crippen LogP) is -1.53. The van der Waals surface area contributed by atoms with Crippen molar-refractivity contribution in [2.24, 2.45) is 5.11 Å². The van der Waals surface area contributed by atoms with E-state index >= 15 is 0 Å². The van der Waals surface area contributed by atoms with E-state index in [9.17, 15) is 19.4 Å². The maximum atomic E-state index is 14.1. The maximum absolute atomic E-state index is 14.1. The summed E-state index contributed by atoms with van der Waals surface area (Å²) in [6.07, 6.45) is -4.41. The second kappa shape index (κ2) is 5.06. The van der Waals surface area contributed by atoms with Gasteiger partial charge in [-0.05, 0) is 5.53 Å². The summed E-state index contributed by atoms with van der Waals surface area (Å²) in [5.74, 6) is 0.0590. The highest BCUT2D eigenvalue weighted by Crippen LogP contribution is 2.37. The average Bonchev–Trinajstić information content (AvgIpc) is 2.65. The van der Waals surface area contributed by atoms with Crippen LogP contribution in [0, 0.1) is 0 Å². The summed E-state index contributed by atoms with van der Waals surface area (Å²) in [7, 11) is 0. The van der Waals surface area contributed by atoms with Crippen LogP contribution in [0.1, 0.15) is 6.23 Å². The van der Waals surface area contributed by atoms with Gasteiger partial charge in [0.2, 0.25) is 12.0 Å². The van der Waals surface area contributed by atoms with E-state index in [0.717, 1.165) is 10.8 Å². The lowest BCUT2D eigenvalue weighted by Gasteiger charge is -2.22. The molecule has 0 unspecified atom stereocenters. The summed E-state index contributed by atoms with van der Waals surface area (Å²) in [5, 5.41) is 22.0. The van der Waals surface area contributed by atoms with Crippen molar-refractivity contribution in [2.75, 3.05) is 12.3 Å². The Bertz CT molecular complexity index is 617. The van der Waals surface area contributed by atoms with E-state index in [1.54, 1.807) is 0 Å². The van der Waals surface area contributed by atoms with Crippen molar-refractivity contribution < 1.29 is 23.9 Å². The minimum atomic E-state index is -2.18. The topological polar surface area (TPSA) is 161 Å². The number of nitrogen functional groups attached to an aromatic ring is 1. The van der Waals surface area contributed by atoms with Gasteiger partial charge in [-0.2, -0.15) is 14.3 Å². The van der Waals surface area contributed by atoms with Crippen LogP contribution in [-0.4, -0.2) is 39.8 Å². The van der Waals surface area contributed by atoms with Gasteiger partial charge in [0.05, 0.1) is 6.61 Å². The zero-order valence-corrected chi connectivity index (χ0v) is 10.0.